The van der Waals surface area contributed by atoms with E-state index in [1.165, 1.54) is 11.1 Å². The molecule has 108 valence electrons. The zero-order valence-electron chi connectivity index (χ0n) is 12.7. The molecule has 0 saturated heterocycles. The van der Waals surface area contributed by atoms with Crippen molar-refractivity contribution in [3.05, 3.63) is 78.0 Å². The predicted molar refractivity (Wildman–Crippen MR) is 89.9 cm³/mol. The molecule has 3 aromatic rings. The maximum Gasteiger partial charge on any atom is 0.161 e. The van der Waals surface area contributed by atoms with Gasteiger partial charge in [-0.2, -0.15) is 0 Å². The number of pyridine rings is 1. The zero-order chi connectivity index (χ0) is 15.5. The summed E-state index contributed by atoms with van der Waals surface area (Å²) < 4.78 is 0. The molecule has 0 aliphatic heterocycles. The Kier molecular flexibility index (Phi) is 3.84. The molecule has 0 spiro atoms. The maximum atomic E-state index is 11.5. The number of aromatic nitrogens is 1. The van der Waals surface area contributed by atoms with Crippen LogP contribution in [0.5, 0.6) is 0 Å². The third-order valence-corrected chi connectivity index (χ3v) is 3.75. The molecule has 0 bridgehead atoms. The quantitative estimate of drug-likeness (QED) is 0.639. The molecule has 0 amide bonds. The van der Waals surface area contributed by atoms with Gasteiger partial charge in [-0.3, -0.25) is 9.78 Å². The molecule has 2 nitrogen and oxygen atoms in total. The van der Waals surface area contributed by atoms with Crippen LogP contribution in [0.4, 0.5) is 0 Å². The fraction of sp³-hybridized carbons (Fsp3) is 0.100. The molecular weight excluding hydrogens is 270 g/mol. The molecule has 0 radical (unpaired) electrons. The minimum Gasteiger partial charge on any atom is -0.294 e. The molecule has 0 fully saturated rings. The van der Waals surface area contributed by atoms with Crippen LogP contribution in [0.3, 0.4) is 0 Å². The Balaban J connectivity index is 1.93. The summed E-state index contributed by atoms with van der Waals surface area (Å²) in [4.78, 5) is 16.0. The SMILES string of the molecule is CC(=O)c1ccc(-c2ccc(-c3ccccc3)cc2)nc1C. The lowest BCUT2D eigenvalue weighted by atomic mass is 10.0. The Morgan fingerprint density at radius 1 is 0.773 bits per heavy atom. The molecule has 3 rings (SSSR count). The van der Waals surface area contributed by atoms with Crippen molar-refractivity contribution in [3.63, 3.8) is 0 Å². The summed E-state index contributed by atoms with van der Waals surface area (Å²) in [5.41, 5.74) is 5.79. The summed E-state index contributed by atoms with van der Waals surface area (Å²) >= 11 is 0. The fourth-order valence-electron chi connectivity index (χ4n) is 2.56. The average Bonchev–Trinajstić information content (AvgIpc) is 2.55. The van der Waals surface area contributed by atoms with Crippen LogP contribution in [0, 0.1) is 6.92 Å². The second-order valence-electron chi connectivity index (χ2n) is 5.33. The standard InChI is InChI=1S/C20H17NO/c1-14-19(15(2)22)12-13-20(21-14)18-10-8-17(9-11-18)16-6-4-3-5-7-16/h3-13H,1-2H3. The van der Waals surface area contributed by atoms with Gasteiger partial charge in [-0.05, 0) is 37.1 Å². The summed E-state index contributed by atoms with van der Waals surface area (Å²) in [5.74, 6) is 0.0518. The number of Topliss-reactive ketones (excluding diaryl/α,β-unsaturated/α-hetero) is 1. The van der Waals surface area contributed by atoms with Crippen molar-refractivity contribution >= 4 is 5.78 Å². The van der Waals surface area contributed by atoms with Gasteiger partial charge in [0.15, 0.2) is 5.78 Å². The topological polar surface area (TPSA) is 30.0 Å². The second-order valence-corrected chi connectivity index (χ2v) is 5.33. The molecule has 0 unspecified atom stereocenters. The molecule has 0 saturated carbocycles. The highest BCUT2D eigenvalue weighted by Gasteiger charge is 2.07. The van der Waals surface area contributed by atoms with Gasteiger partial charge in [0, 0.05) is 16.8 Å². The summed E-state index contributed by atoms with van der Waals surface area (Å²) in [7, 11) is 0. The van der Waals surface area contributed by atoms with Crippen LogP contribution in [-0.2, 0) is 0 Å². The van der Waals surface area contributed by atoms with Crippen molar-refractivity contribution in [2.45, 2.75) is 13.8 Å². The molecule has 1 aromatic heterocycles. The highest BCUT2D eigenvalue weighted by molar-refractivity contribution is 5.95. The van der Waals surface area contributed by atoms with Crippen LogP contribution in [0.15, 0.2) is 66.7 Å². The second kappa shape index (κ2) is 5.94. The monoisotopic (exact) mass is 287 g/mol. The smallest absolute Gasteiger partial charge is 0.161 e. The lowest BCUT2D eigenvalue weighted by Crippen LogP contribution is -1.99. The predicted octanol–water partition coefficient (Wildman–Crippen LogP) is 4.93. The summed E-state index contributed by atoms with van der Waals surface area (Å²) in [5, 5.41) is 0. The van der Waals surface area contributed by atoms with Gasteiger partial charge in [0.05, 0.1) is 5.69 Å². The van der Waals surface area contributed by atoms with Crippen LogP contribution in [0.25, 0.3) is 22.4 Å². The fourth-order valence-corrected chi connectivity index (χ4v) is 2.56. The summed E-state index contributed by atoms with van der Waals surface area (Å²) in [6.07, 6.45) is 0. The molecule has 0 aliphatic rings. The van der Waals surface area contributed by atoms with Gasteiger partial charge in [0.25, 0.3) is 0 Å². The lowest BCUT2D eigenvalue weighted by molar-refractivity contribution is 0.101. The maximum absolute atomic E-state index is 11.5. The largest absolute Gasteiger partial charge is 0.294 e. The number of nitrogens with zero attached hydrogens (tertiary/aromatic N) is 1. The van der Waals surface area contributed by atoms with Crippen molar-refractivity contribution < 1.29 is 4.79 Å². The minimum absolute atomic E-state index is 0.0518. The number of aryl methyl sites for hydroxylation is 1. The highest BCUT2D eigenvalue weighted by atomic mass is 16.1. The van der Waals surface area contributed by atoms with E-state index >= 15 is 0 Å². The van der Waals surface area contributed by atoms with E-state index in [-0.39, 0.29) is 5.78 Å². The molecule has 2 heteroatoms. The van der Waals surface area contributed by atoms with Gasteiger partial charge in [0.2, 0.25) is 0 Å². The Morgan fingerprint density at radius 3 is 1.95 bits per heavy atom. The summed E-state index contributed by atoms with van der Waals surface area (Å²) in [6.45, 7) is 3.44. The van der Waals surface area contributed by atoms with Crippen LogP contribution >= 0.6 is 0 Å². The number of rotatable bonds is 3. The Morgan fingerprint density at radius 2 is 1.36 bits per heavy atom. The first kappa shape index (κ1) is 14.2. The van der Waals surface area contributed by atoms with E-state index in [9.17, 15) is 4.79 Å². The van der Waals surface area contributed by atoms with Gasteiger partial charge in [-0.1, -0.05) is 54.6 Å². The number of hydrogen-bond acceptors (Lipinski definition) is 2. The van der Waals surface area contributed by atoms with Crippen molar-refractivity contribution in [1.29, 1.82) is 0 Å². The lowest BCUT2D eigenvalue weighted by Gasteiger charge is -2.07. The van der Waals surface area contributed by atoms with E-state index in [1.54, 1.807) is 6.92 Å². The van der Waals surface area contributed by atoms with Crippen molar-refractivity contribution in [2.75, 3.05) is 0 Å². The number of carbonyl (C=O) groups excluding carboxylic acids is 1. The number of carbonyl (C=O) groups is 1. The molecule has 22 heavy (non-hydrogen) atoms. The Labute approximate surface area is 130 Å². The molecular formula is C20H17NO. The molecule has 0 aliphatic carbocycles. The van der Waals surface area contributed by atoms with Gasteiger partial charge in [0.1, 0.15) is 0 Å². The Hall–Kier alpha value is -2.74. The van der Waals surface area contributed by atoms with E-state index in [2.05, 4.69) is 41.4 Å². The van der Waals surface area contributed by atoms with E-state index < -0.39 is 0 Å². The van der Waals surface area contributed by atoms with E-state index in [0.29, 0.717) is 5.56 Å². The van der Waals surface area contributed by atoms with Crippen LogP contribution < -0.4 is 0 Å². The van der Waals surface area contributed by atoms with Crippen molar-refractivity contribution in [3.8, 4) is 22.4 Å². The van der Waals surface area contributed by atoms with Crippen LogP contribution in [0.2, 0.25) is 0 Å². The molecule has 1 heterocycles. The van der Waals surface area contributed by atoms with E-state index in [1.807, 2.05) is 37.3 Å². The highest BCUT2D eigenvalue weighted by Crippen LogP contribution is 2.24. The average molecular weight is 287 g/mol. The van der Waals surface area contributed by atoms with E-state index in [0.717, 1.165) is 17.0 Å². The normalized spacial score (nSPS) is 10.5. The molecule has 0 N–H and O–H groups in total. The third-order valence-electron chi connectivity index (χ3n) is 3.75. The van der Waals surface area contributed by atoms with Gasteiger partial charge in [-0.15, -0.1) is 0 Å². The molecule has 2 aromatic carbocycles. The van der Waals surface area contributed by atoms with Crippen molar-refractivity contribution in [2.24, 2.45) is 0 Å². The first-order valence-corrected chi connectivity index (χ1v) is 7.29. The van der Waals surface area contributed by atoms with Crippen LogP contribution in [-0.4, -0.2) is 10.8 Å². The number of benzene rings is 2. The van der Waals surface area contributed by atoms with Gasteiger partial charge < -0.3 is 0 Å². The first-order chi connectivity index (χ1) is 10.6. The van der Waals surface area contributed by atoms with Crippen molar-refractivity contribution in [1.82, 2.24) is 4.98 Å². The Bertz CT molecular complexity index is 805. The van der Waals surface area contributed by atoms with Gasteiger partial charge >= 0.3 is 0 Å². The minimum atomic E-state index is 0.0518. The van der Waals surface area contributed by atoms with Gasteiger partial charge in [-0.25, -0.2) is 0 Å². The molecule has 0 atom stereocenters. The first-order valence-electron chi connectivity index (χ1n) is 7.29. The van der Waals surface area contributed by atoms with E-state index in [4.69, 9.17) is 0 Å². The summed E-state index contributed by atoms with van der Waals surface area (Å²) in [6, 6.07) is 22.4. The third kappa shape index (κ3) is 2.82. The number of ketones is 1. The zero-order valence-corrected chi connectivity index (χ0v) is 12.7. The van der Waals surface area contributed by atoms with Crippen LogP contribution in [0.1, 0.15) is 23.0 Å². The number of hydrogen-bond donors (Lipinski definition) is 0.